The van der Waals surface area contributed by atoms with Crippen LogP contribution in [-0.4, -0.2) is 32.0 Å². The topological polar surface area (TPSA) is 91.5 Å². The molecule has 0 radical (unpaired) electrons. The van der Waals surface area contributed by atoms with E-state index >= 15 is 0 Å². The van der Waals surface area contributed by atoms with Gasteiger partial charge in [0.25, 0.3) is 0 Å². The molecule has 5 aromatic rings. The summed E-state index contributed by atoms with van der Waals surface area (Å²) in [5.41, 5.74) is 10.2. The van der Waals surface area contributed by atoms with Gasteiger partial charge >= 0.3 is 0 Å². The van der Waals surface area contributed by atoms with Crippen molar-refractivity contribution in [3.8, 4) is 22.3 Å². The molecule has 3 aromatic heterocycles. The lowest BCUT2D eigenvalue weighted by atomic mass is 9.99. The van der Waals surface area contributed by atoms with Crippen LogP contribution in [0.5, 0.6) is 0 Å². The maximum atomic E-state index is 13.8. The van der Waals surface area contributed by atoms with Crippen molar-refractivity contribution in [2.24, 2.45) is 5.92 Å². The summed E-state index contributed by atoms with van der Waals surface area (Å²) < 4.78 is 0. The minimum Gasteiger partial charge on any atom is -0.354 e. The van der Waals surface area contributed by atoms with Crippen LogP contribution >= 0.6 is 0 Å². The molecule has 6 nitrogen and oxygen atoms in total. The number of hydrogen-bond donors (Lipinski definition) is 2. The summed E-state index contributed by atoms with van der Waals surface area (Å²) in [4.78, 5) is 43.3. The predicted octanol–water partition coefficient (Wildman–Crippen LogP) is 8.64. The Bertz CT molecular complexity index is 2100. The first-order chi connectivity index (χ1) is 21.0. The van der Waals surface area contributed by atoms with Gasteiger partial charge in [-0.3, -0.25) is 9.59 Å². The summed E-state index contributed by atoms with van der Waals surface area (Å²) in [6.45, 7) is 3.81. The lowest BCUT2D eigenvalue weighted by Gasteiger charge is -2.07. The Labute approximate surface area is 248 Å². The molecule has 5 heterocycles. The molecule has 208 valence electrons. The van der Waals surface area contributed by atoms with Gasteiger partial charge in [0.15, 0.2) is 12.1 Å². The quantitative estimate of drug-likeness (QED) is 0.163. The van der Waals surface area contributed by atoms with Gasteiger partial charge in [0.1, 0.15) is 0 Å². The number of rotatable bonds is 5. The number of aromatic nitrogens is 4. The van der Waals surface area contributed by atoms with Gasteiger partial charge in [-0.25, -0.2) is 9.97 Å². The molecule has 0 atom stereocenters. The van der Waals surface area contributed by atoms with Gasteiger partial charge in [-0.2, -0.15) is 0 Å². The fraction of sp³-hybridized carbons (Fsp3) is 0.0811. The van der Waals surface area contributed by atoms with Crippen molar-refractivity contribution in [1.29, 1.82) is 0 Å². The molecule has 0 amide bonds. The van der Waals surface area contributed by atoms with Crippen LogP contribution < -0.4 is 0 Å². The van der Waals surface area contributed by atoms with Crippen LogP contribution in [0.25, 0.3) is 68.6 Å². The molecule has 0 saturated heterocycles. The molecular formula is C37H28N4O2. The number of H-pyrrole nitrogens is 2. The van der Waals surface area contributed by atoms with Crippen LogP contribution in [0, 0.1) is 5.92 Å². The minimum atomic E-state index is -0.231. The van der Waals surface area contributed by atoms with E-state index in [-0.39, 0.29) is 11.7 Å². The highest BCUT2D eigenvalue weighted by Crippen LogP contribution is 2.34. The SMILES string of the molecule is CC(C)C(=O)c1c2nc(c(-c3ccccc3)c3ccc([nH]3)c(C=O)c3nc(c(-c4ccccc4)c4ccc1[nH]4)C=C3)C=C2. The second kappa shape index (κ2) is 10.7. The van der Waals surface area contributed by atoms with Gasteiger partial charge in [0.2, 0.25) is 0 Å². The summed E-state index contributed by atoms with van der Waals surface area (Å²) in [7, 11) is 0. The normalized spacial score (nSPS) is 12.2. The number of hydrogen-bond acceptors (Lipinski definition) is 4. The van der Waals surface area contributed by atoms with E-state index in [2.05, 4.69) is 9.97 Å². The number of nitrogens with zero attached hydrogens (tertiary/aromatic N) is 2. The number of aromatic amines is 2. The molecule has 2 N–H and O–H groups in total. The summed E-state index contributed by atoms with van der Waals surface area (Å²) in [5, 5.41) is 0. The Hall–Kier alpha value is -5.62. The zero-order valence-corrected chi connectivity index (χ0v) is 23.8. The van der Waals surface area contributed by atoms with Crippen LogP contribution in [0.3, 0.4) is 0 Å². The van der Waals surface area contributed by atoms with Crippen LogP contribution in [0.15, 0.2) is 84.9 Å². The van der Waals surface area contributed by atoms with E-state index in [9.17, 15) is 9.59 Å². The van der Waals surface area contributed by atoms with E-state index in [1.165, 1.54) is 0 Å². The third-order valence-electron chi connectivity index (χ3n) is 7.81. The van der Waals surface area contributed by atoms with E-state index < -0.39 is 0 Å². The van der Waals surface area contributed by atoms with Crippen molar-refractivity contribution in [1.82, 2.24) is 19.9 Å². The van der Waals surface area contributed by atoms with Crippen molar-refractivity contribution >= 4 is 58.4 Å². The molecule has 0 unspecified atom stereocenters. The Morgan fingerprint density at radius 2 is 1.07 bits per heavy atom. The fourth-order valence-electron chi connectivity index (χ4n) is 5.72. The molecule has 2 aliphatic heterocycles. The Morgan fingerprint density at radius 3 is 1.63 bits per heavy atom. The van der Waals surface area contributed by atoms with E-state index in [0.717, 1.165) is 51.0 Å². The number of carbonyl (C=O) groups excluding carboxylic acids is 2. The van der Waals surface area contributed by atoms with E-state index in [1.54, 1.807) is 0 Å². The largest absolute Gasteiger partial charge is 0.354 e. The van der Waals surface area contributed by atoms with Crippen LogP contribution in [0.2, 0.25) is 0 Å². The first kappa shape index (κ1) is 26.3. The summed E-state index contributed by atoms with van der Waals surface area (Å²) in [6.07, 6.45) is 8.51. The first-order valence-electron chi connectivity index (χ1n) is 14.3. The van der Waals surface area contributed by atoms with Gasteiger partial charge in [-0.1, -0.05) is 74.5 Å². The van der Waals surface area contributed by atoms with Gasteiger partial charge in [0.05, 0.1) is 44.9 Å². The Morgan fingerprint density at radius 1 is 0.605 bits per heavy atom. The molecule has 0 spiro atoms. The van der Waals surface area contributed by atoms with Crippen molar-refractivity contribution in [2.45, 2.75) is 13.8 Å². The van der Waals surface area contributed by atoms with E-state index in [4.69, 9.17) is 9.97 Å². The molecule has 6 heteroatoms. The van der Waals surface area contributed by atoms with Crippen LogP contribution in [0.1, 0.15) is 57.3 Å². The number of benzene rings is 2. The van der Waals surface area contributed by atoms with Crippen molar-refractivity contribution < 1.29 is 9.59 Å². The number of nitrogens with one attached hydrogen (secondary N) is 2. The highest BCUT2D eigenvalue weighted by Gasteiger charge is 2.21. The first-order valence-corrected chi connectivity index (χ1v) is 14.3. The molecule has 2 aromatic carbocycles. The average Bonchev–Trinajstić information content (AvgIpc) is 3.85. The zero-order valence-electron chi connectivity index (χ0n) is 23.8. The summed E-state index contributed by atoms with van der Waals surface area (Å²) in [5.74, 6) is -0.229. The Kier molecular flexibility index (Phi) is 6.51. The van der Waals surface area contributed by atoms with E-state index in [0.29, 0.717) is 33.5 Å². The van der Waals surface area contributed by atoms with Gasteiger partial charge in [0, 0.05) is 28.1 Å². The minimum absolute atomic E-state index is 0.00259. The number of Topliss-reactive ketones (excluding diaryl/α,β-unsaturated/α-hetero) is 1. The van der Waals surface area contributed by atoms with E-state index in [1.807, 2.05) is 123 Å². The van der Waals surface area contributed by atoms with Gasteiger partial charge < -0.3 is 9.97 Å². The maximum Gasteiger partial charge on any atom is 0.169 e. The standard InChI is InChI=1S/C37H28N4O2/c1-22(2)37(43)36-32-19-17-30(40-32)34(23-9-5-3-6-10-23)28-15-13-26(38-28)25(21-42)27-14-16-29(39-27)35(24-11-7-4-8-12-24)31-18-20-33(36)41-31/h3-22,38,41H,1-2H3. The summed E-state index contributed by atoms with van der Waals surface area (Å²) in [6, 6.07) is 27.7. The number of ketones is 1. The van der Waals surface area contributed by atoms with Gasteiger partial charge in [-0.15, -0.1) is 0 Å². The highest BCUT2D eigenvalue weighted by molar-refractivity contribution is 6.08. The lowest BCUT2D eigenvalue weighted by Crippen LogP contribution is -2.09. The molecule has 0 aliphatic carbocycles. The number of carbonyl (C=O) groups is 2. The fourth-order valence-corrected chi connectivity index (χ4v) is 5.72. The summed E-state index contributed by atoms with van der Waals surface area (Å²) >= 11 is 0. The predicted molar refractivity (Wildman–Crippen MR) is 174 cm³/mol. The second-order valence-electron chi connectivity index (χ2n) is 10.9. The Balaban J connectivity index is 1.69. The third kappa shape index (κ3) is 4.63. The van der Waals surface area contributed by atoms with Crippen molar-refractivity contribution in [3.05, 3.63) is 119 Å². The molecule has 7 rings (SSSR count). The molecular weight excluding hydrogens is 532 g/mol. The highest BCUT2D eigenvalue weighted by atomic mass is 16.1. The van der Waals surface area contributed by atoms with Crippen LogP contribution in [0.4, 0.5) is 0 Å². The molecule has 2 aliphatic rings. The molecule has 43 heavy (non-hydrogen) atoms. The third-order valence-corrected chi connectivity index (χ3v) is 7.81. The average molecular weight is 561 g/mol. The monoisotopic (exact) mass is 560 g/mol. The number of aldehydes is 1. The number of fused-ring (bicyclic) bond motifs is 8. The molecule has 0 saturated carbocycles. The van der Waals surface area contributed by atoms with Crippen LogP contribution in [-0.2, 0) is 0 Å². The maximum absolute atomic E-state index is 13.8. The molecule has 8 bridgehead atoms. The smallest absolute Gasteiger partial charge is 0.169 e. The molecule has 0 fully saturated rings. The van der Waals surface area contributed by atoms with Crippen molar-refractivity contribution in [3.63, 3.8) is 0 Å². The van der Waals surface area contributed by atoms with Crippen molar-refractivity contribution in [2.75, 3.05) is 0 Å². The lowest BCUT2D eigenvalue weighted by molar-refractivity contribution is 0.0940. The zero-order chi connectivity index (χ0) is 29.5. The van der Waals surface area contributed by atoms with Gasteiger partial charge in [-0.05, 0) is 59.7 Å². The second-order valence-corrected chi connectivity index (χ2v) is 10.9.